The van der Waals surface area contributed by atoms with E-state index < -0.39 is 0 Å². The first-order valence-corrected chi connectivity index (χ1v) is 6.77. The summed E-state index contributed by atoms with van der Waals surface area (Å²) in [4.78, 5) is 2.11. The monoisotopic (exact) mass is 284 g/mol. The molecule has 0 aliphatic carbocycles. The molecule has 0 saturated carbocycles. The number of nitrogens with zero attached hydrogens (tertiary/aromatic N) is 1. The number of rotatable bonds is 1. The predicted octanol–water partition coefficient (Wildman–Crippen LogP) is 2.99. The molecule has 0 atom stereocenters. The zero-order valence-corrected chi connectivity index (χ0v) is 12.2. The minimum absolute atomic E-state index is 0.711. The van der Waals surface area contributed by atoms with Crippen molar-refractivity contribution in [2.24, 2.45) is 0 Å². The van der Waals surface area contributed by atoms with Crippen molar-refractivity contribution in [1.82, 2.24) is 4.90 Å². The maximum Gasteiger partial charge on any atom is 0.173 e. The number of halogens is 1. The van der Waals surface area contributed by atoms with E-state index >= 15 is 0 Å². The molecule has 0 spiro atoms. The number of hydrogen-bond donors (Lipinski definition) is 1. The molecule has 1 aromatic rings. The van der Waals surface area contributed by atoms with Gasteiger partial charge in [-0.2, -0.15) is 0 Å². The molecule has 1 aliphatic rings. The average Bonchev–Trinajstić information content (AvgIpc) is 2.34. The van der Waals surface area contributed by atoms with Crippen LogP contribution in [-0.4, -0.2) is 36.3 Å². The molecule has 0 amide bonds. The third-order valence-electron chi connectivity index (χ3n) is 2.96. The van der Waals surface area contributed by atoms with E-state index in [0.29, 0.717) is 10.1 Å². The van der Waals surface area contributed by atoms with E-state index in [1.165, 1.54) is 0 Å². The second kappa shape index (κ2) is 5.87. The number of aryl methyl sites for hydroxylation is 2. The predicted molar refractivity (Wildman–Crippen MR) is 79.5 cm³/mol. The van der Waals surface area contributed by atoms with E-state index in [4.69, 9.17) is 28.6 Å². The molecule has 1 aliphatic heterocycles. The van der Waals surface area contributed by atoms with Crippen molar-refractivity contribution >= 4 is 34.6 Å². The minimum Gasteiger partial charge on any atom is -0.378 e. The maximum absolute atomic E-state index is 6.25. The first kappa shape index (κ1) is 13.6. The van der Waals surface area contributed by atoms with Gasteiger partial charge in [0.25, 0.3) is 0 Å². The largest absolute Gasteiger partial charge is 0.378 e. The van der Waals surface area contributed by atoms with Crippen LogP contribution in [0.3, 0.4) is 0 Å². The van der Waals surface area contributed by atoms with Crippen molar-refractivity contribution in [2.45, 2.75) is 13.8 Å². The van der Waals surface area contributed by atoms with E-state index in [-0.39, 0.29) is 0 Å². The lowest BCUT2D eigenvalue weighted by Gasteiger charge is -2.30. The highest BCUT2D eigenvalue weighted by molar-refractivity contribution is 7.80. The number of benzene rings is 1. The SMILES string of the molecule is Cc1cc(C)c(NC(=S)N2CCOCC2)c(Cl)c1. The summed E-state index contributed by atoms with van der Waals surface area (Å²) < 4.78 is 5.31. The Kier molecular flexibility index (Phi) is 4.43. The van der Waals surface area contributed by atoms with Crippen molar-refractivity contribution in [3.63, 3.8) is 0 Å². The molecule has 1 N–H and O–H groups in total. The van der Waals surface area contributed by atoms with Gasteiger partial charge in [0.2, 0.25) is 0 Å². The molecule has 0 bridgehead atoms. The molecule has 18 heavy (non-hydrogen) atoms. The van der Waals surface area contributed by atoms with Crippen LogP contribution in [0.5, 0.6) is 0 Å². The topological polar surface area (TPSA) is 24.5 Å². The summed E-state index contributed by atoms with van der Waals surface area (Å²) in [6.45, 7) is 7.17. The molecule has 1 heterocycles. The van der Waals surface area contributed by atoms with E-state index in [2.05, 4.69) is 16.3 Å². The third kappa shape index (κ3) is 3.13. The molecule has 1 saturated heterocycles. The number of anilines is 1. The Labute approximate surface area is 118 Å². The molecule has 98 valence electrons. The van der Waals surface area contributed by atoms with Crippen molar-refractivity contribution in [3.05, 3.63) is 28.3 Å². The van der Waals surface area contributed by atoms with Gasteiger partial charge >= 0.3 is 0 Å². The highest BCUT2D eigenvalue weighted by atomic mass is 35.5. The summed E-state index contributed by atoms with van der Waals surface area (Å²) in [5, 5.41) is 4.67. The van der Waals surface area contributed by atoms with Crippen molar-refractivity contribution in [3.8, 4) is 0 Å². The minimum atomic E-state index is 0.711. The summed E-state index contributed by atoms with van der Waals surface area (Å²) in [6, 6.07) is 4.04. The molecule has 3 nitrogen and oxygen atoms in total. The molecule has 2 rings (SSSR count). The Morgan fingerprint density at radius 3 is 2.61 bits per heavy atom. The summed E-state index contributed by atoms with van der Waals surface area (Å²) in [5.74, 6) is 0. The van der Waals surface area contributed by atoms with Gasteiger partial charge in [-0.3, -0.25) is 0 Å². The van der Waals surface area contributed by atoms with Crippen LogP contribution in [0.2, 0.25) is 5.02 Å². The van der Waals surface area contributed by atoms with Crippen LogP contribution >= 0.6 is 23.8 Å². The number of thiocarbonyl (C=S) groups is 1. The van der Waals surface area contributed by atoms with Crippen LogP contribution in [0, 0.1) is 13.8 Å². The molecular weight excluding hydrogens is 268 g/mol. The molecule has 0 aromatic heterocycles. The first-order chi connectivity index (χ1) is 8.58. The van der Waals surface area contributed by atoms with Gasteiger partial charge in [0.05, 0.1) is 23.9 Å². The van der Waals surface area contributed by atoms with Gasteiger partial charge in [-0.05, 0) is 43.3 Å². The van der Waals surface area contributed by atoms with Gasteiger partial charge in [-0.15, -0.1) is 0 Å². The van der Waals surface area contributed by atoms with Gasteiger partial charge in [-0.25, -0.2) is 0 Å². The first-order valence-electron chi connectivity index (χ1n) is 5.98. The van der Waals surface area contributed by atoms with Crippen LogP contribution in [-0.2, 0) is 4.74 Å². The molecule has 1 aromatic carbocycles. The summed E-state index contributed by atoms with van der Waals surface area (Å²) in [6.07, 6.45) is 0. The Bertz CT molecular complexity index is 435. The lowest BCUT2D eigenvalue weighted by Crippen LogP contribution is -2.43. The van der Waals surface area contributed by atoms with Gasteiger partial charge in [-0.1, -0.05) is 17.7 Å². The van der Waals surface area contributed by atoms with Crippen molar-refractivity contribution in [1.29, 1.82) is 0 Å². The van der Waals surface area contributed by atoms with Crippen LogP contribution in [0.4, 0.5) is 5.69 Å². The molecule has 0 unspecified atom stereocenters. The number of hydrogen-bond acceptors (Lipinski definition) is 2. The fraction of sp³-hybridized carbons (Fsp3) is 0.462. The van der Waals surface area contributed by atoms with Crippen LogP contribution in [0.25, 0.3) is 0 Å². The van der Waals surface area contributed by atoms with Gasteiger partial charge in [0.15, 0.2) is 5.11 Å². The average molecular weight is 285 g/mol. The summed E-state index contributed by atoms with van der Waals surface area (Å²) >= 11 is 11.7. The van der Waals surface area contributed by atoms with Gasteiger partial charge < -0.3 is 15.0 Å². The lowest BCUT2D eigenvalue weighted by atomic mass is 10.1. The molecule has 5 heteroatoms. The van der Waals surface area contributed by atoms with E-state index in [1.54, 1.807) is 0 Å². The Morgan fingerprint density at radius 1 is 1.33 bits per heavy atom. The summed E-state index contributed by atoms with van der Waals surface area (Å²) in [7, 11) is 0. The van der Waals surface area contributed by atoms with Crippen LogP contribution in [0.15, 0.2) is 12.1 Å². The Morgan fingerprint density at radius 2 is 2.00 bits per heavy atom. The van der Waals surface area contributed by atoms with Crippen molar-refractivity contribution in [2.75, 3.05) is 31.6 Å². The zero-order valence-electron chi connectivity index (χ0n) is 10.6. The zero-order chi connectivity index (χ0) is 13.1. The molecule has 1 fully saturated rings. The normalized spacial score (nSPS) is 15.6. The highest BCUT2D eigenvalue weighted by Crippen LogP contribution is 2.27. The third-order valence-corrected chi connectivity index (χ3v) is 3.62. The van der Waals surface area contributed by atoms with Gasteiger partial charge in [0, 0.05) is 13.1 Å². The number of nitrogens with one attached hydrogen (secondary N) is 1. The fourth-order valence-corrected chi connectivity index (χ4v) is 2.68. The quantitative estimate of drug-likeness (QED) is 0.802. The van der Waals surface area contributed by atoms with Crippen LogP contribution < -0.4 is 5.32 Å². The number of morpholine rings is 1. The lowest BCUT2D eigenvalue weighted by molar-refractivity contribution is 0.0690. The molecular formula is C13H17ClN2OS. The smallest absolute Gasteiger partial charge is 0.173 e. The van der Waals surface area contributed by atoms with Gasteiger partial charge in [0.1, 0.15) is 0 Å². The van der Waals surface area contributed by atoms with E-state index in [0.717, 1.165) is 43.1 Å². The standard InChI is InChI=1S/C13H17ClN2OS/c1-9-7-10(2)12(11(14)8-9)15-13(18)16-3-5-17-6-4-16/h7-8H,3-6H2,1-2H3,(H,15,18). The highest BCUT2D eigenvalue weighted by Gasteiger charge is 2.15. The Hall–Kier alpha value is -0.840. The number of ether oxygens (including phenoxy) is 1. The maximum atomic E-state index is 6.25. The second-order valence-corrected chi connectivity index (χ2v) is 5.26. The molecule has 0 radical (unpaired) electrons. The Balaban J connectivity index is 2.11. The fourth-order valence-electron chi connectivity index (χ4n) is 2.03. The second-order valence-electron chi connectivity index (χ2n) is 4.47. The summed E-state index contributed by atoms with van der Waals surface area (Å²) in [5.41, 5.74) is 3.16. The van der Waals surface area contributed by atoms with Crippen LogP contribution in [0.1, 0.15) is 11.1 Å². The van der Waals surface area contributed by atoms with Crippen molar-refractivity contribution < 1.29 is 4.74 Å². The van der Waals surface area contributed by atoms with E-state index in [1.807, 2.05) is 19.9 Å². The van der Waals surface area contributed by atoms with E-state index in [9.17, 15) is 0 Å².